The van der Waals surface area contributed by atoms with Crippen LogP contribution >= 0.6 is 27.5 Å². The van der Waals surface area contributed by atoms with E-state index in [9.17, 15) is 18.0 Å². The van der Waals surface area contributed by atoms with E-state index in [1.807, 2.05) is 75.4 Å². The van der Waals surface area contributed by atoms with Gasteiger partial charge in [-0.3, -0.25) is 13.9 Å². The van der Waals surface area contributed by atoms with E-state index in [1.54, 1.807) is 24.3 Å². The van der Waals surface area contributed by atoms with E-state index in [0.717, 1.165) is 26.2 Å². The molecule has 0 bridgehead atoms. The van der Waals surface area contributed by atoms with Crippen LogP contribution < -0.4 is 9.62 Å². The molecule has 10 heteroatoms. The molecule has 2 amide bonds. The largest absolute Gasteiger partial charge is 0.350 e. The van der Waals surface area contributed by atoms with E-state index in [1.165, 1.54) is 4.90 Å². The van der Waals surface area contributed by atoms with Gasteiger partial charge < -0.3 is 10.2 Å². The number of sulfonamides is 1. The van der Waals surface area contributed by atoms with Crippen LogP contribution in [-0.2, 0) is 32.6 Å². The minimum Gasteiger partial charge on any atom is -0.350 e. The van der Waals surface area contributed by atoms with Crippen LogP contribution in [0.5, 0.6) is 0 Å². The first-order valence-electron chi connectivity index (χ1n) is 12.4. The van der Waals surface area contributed by atoms with E-state index >= 15 is 0 Å². The molecule has 0 spiro atoms. The van der Waals surface area contributed by atoms with Crippen molar-refractivity contribution < 1.29 is 18.0 Å². The van der Waals surface area contributed by atoms with Crippen molar-refractivity contribution >= 4 is 55.1 Å². The van der Waals surface area contributed by atoms with Crippen LogP contribution in [-0.4, -0.2) is 49.5 Å². The van der Waals surface area contributed by atoms with Crippen molar-refractivity contribution in [2.24, 2.45) is 0 Å². The summed E-state index contributed by atoms with van der Waals surface area (Å²) in [5.74, 6) is -0.840. The number of carbonyl (C=O) groups is 2. The Morgan fingerprint density at radius 2 is 1.56 bits per heavy atom. The van der Waals surface area contributed by atoms with E-state index in [-0.39, 0.29) is 18.9 Å². The molecule has 0 aliphatic rings. The highest BCUT2D eigenvalue weighted by molar-refractivity contribution is 9.10. The standard InChI is InChI=1S/C29H33BrClN3O4S/c1-29(2,3)32-28(36)26(18-21-9-6-5-7-10-21)33(19-22-11-8-12-23(30)17-22)27(35)20-34(39(4,37)38)25-15-13-24(31)14-16-25/h5-17,26H,18-20H2,1-4H3,(H,32,36). The molecule has 39 heavy (non-hydrogen) atoms. The van der Waals surface area contributed by atoms with Crippen LogP contribution in [0.1, 0.15) is 31.9 Å². The van der Waals surface area contributed by atoms with Gasteiger partial charge in [0.1, 0.15) is 12.6 Å². The van der Waals surface area contributed by atoms with Crippen LogP contribution in [0.2, 0.25) is 5.02 Å². The van der Waals surface area contributed by atoms with Crippen molar-refractivity contribution in [3.8, 4) is 0 Å². The lowest BCUT2D eigenvalue weighted by Crippen LogP contribution is -2.56. The van der Waals surface area contributed by atoms with Gasteiger partial charge in [-0.2, -0.15) is 0 Å². The van der Waals surface area contributed by atoms with E-state index in [0.29, 0.717) is 10.7 Å². The number of hydrogen-bond donors (Lipinski definition) is 1. The van der Waals surface area contributed by atoms with Crippen LogP contribution in [0, 0.1) is 0 Å². The van der Waals surface area contributed by atoms with E-state index in [4.69, 9.17) is 11.6 Å². The minimum atomic E-state index is -3.84. The molecule has 0 aliphatic heterocycles. The number of nitrogens with one attached hydrogen (secondary N) is 1. The molecule has 1 atom stereocenters. The second-order valence-electron chi connectivity index (χ2n) is 10.3. The summed E-state index contributed by atoms with van der Waals surface area (Å²) in [5, 5.41) is 3.45. The fourth-order valence-corrected chi connectivity index (χ4v) is 5.48. The Morgan fingerprint density at radius 1 is 0.949 bits per heavy atom. The molecule has 0 radical (unpaired) electrons. The molecule has 208 valence electrons. The summed E-state index contributed by atoms with van der Waals surface area (Å²) in [5.41, 5.74) is 1.42. The van der Waals surface area contributed by atoms with Gasteiger partial charge in [0.05, 0.1) is 11.9 Å². The van der Waals surface area contributed by atoms with Crippen molar-refractivity contribution in [2.75, 3.05) is 17.1 Å². The molecular formula is C29H33BrClN3O4S. The molecule has 1 N–H and O–H groups in total. The Morgan fingerprint density at radius 3 is 2.13 bits per heavy atom. The van der Waals surface area contributed by atoms with Gasteiger partial charge in [0.25, 0.3) is 0 Å². The third kappa shape index (κ3) is 9.37. The predicted octanol–water partition coefficient (Wildman–Crippen LogP) is 5.42. The third-order valence-corrected chi connectivity index (χ3v) is 7.69. The molecule has 7 nitrogen and oxygen atoms in total. The molecular weight excluding hydrogens is 602 g/mol. The first kappa shape index (κ1) is 30.7. The number of rotatable bonds is 10. The van der Waals surface area contributed by atoms with Crippen molar-refractivity contribution in [1.29, 1.82) is 0 Å². The molecule has 0 aromatic heterocycles. The Hall–Kier alpha value is -2.88. The lowest BCUT2D eigenvalue weighted by Gasteiger charge is -2.35. The highest BCUT2D eigenvalue weighted by Gasteiger charge is 2.34. The summed E-state index contributed by atoms with van der Waals surface area (Å²) in [7, 11) is -3.84. The second kappa shape index (κ2) is 13.0. The molecule has 0 aliphatic carbocycles. The van der Waals surface area contributed by atoms with Gasteiger partial charge in [0.15, 0.2) is 0 Å². The molecule has 3 aromatic carbocycles. The van der Waals surface area contributed by atoms with Crippen LogP contribution in [0.15, 0.2) is 83.3 Å². The minimum absolute atomic E-state index is 0.103. The van der Waals surface area contributed by atoms with Gasteiger partial charge in [-0.15, -0.1) is 0 Å². The van der Waals surface area contributed by atoms with Crippen molar-refractivity contribution in [3.63, 3.8) is 0 Å². The van der Waals surface area contributed by atoms with Gasteiger partial charge in [0.2, 0.25) is 21.8 Å². The quantitative estimate of drug-likeness (QED) is 0.323. The zero-order valence-corrected chi connectivity index (χ0v) is 25.6. The number of amides is 2. The van der Waals surface area contributed by atoms with E-state index < -0.39 is 34.1 Å². The Balaban J connectivity index is 2.07. The summed E-state index contributed by atoms with van der Waals surface area (Å²) in [4.78, 5) is 29.2. The average molecular weight is 635 g/mol. The number of halogens is 2. The van der Waals surface area contributed by atoms with Crippen LogP contribution in [0.4, 0.5) is 5.69 Å². The van der Waals surface area contributed by atoms with Crippen LogP contribution in [0.25, 0.3) is 0 Å². The number of carbonyl (C=O) groups excluding carboxylic acids is 2. The summed E-state index contributed by atoms with van der Waals surface area (Å²) >= 11 is 9.47. The van der Waals surface area contributed by atoms with Crippen molar-refractivity contribution in [1.82, 2.24) is 10.2 Å². The first-order valence-corrected chi connectivity index (χ1v) is 15.4. The molecule has 0 heterocycles. The molecule has 0 saturated heterocycles. The van der Waals surface area contributed by atoms with Gasteiger partial charge >= 0.3 is 0 Å². The Labute approximate surface area is 244 Å². The Kier molecular flexibility index (Phi) is 10.2. The average Bonchev–Trinajstić information content (AvgIpc) is 2.84. The highest BCUT2D eigenvalue weighted by Crippen LogP contribution is 2.23. The number of nitrogens with zero attached hydrogens (tertiary/aromatic N) is 2. The smallest absolute Gasteiger partial charge is 0.244 e. The van der Waals surface area contributed by atoms with Gasteiger partial charge in [-0.05, 0) is 68.3 Å². The summed E-state index contributed by atoms with van der Waals surface area (Å²) in [6.07, 6.45) is 1.30. The lowest BCUT2D eigenvalue weighted by atomic mass is 10.0. The fourth-order valence-electron chi connectivity index (χ4n) is 4.06. The SMILES string of the molecule is CC(C)(C)NC(=O)C(Cc1ccccc1)N(Cc1cccc(Br)c1)C(=O)CN(c1ccc(Cl)cc1)S(C)(=O)=O. The molecule has 0 saturated carbocycles. The number of benzene rings is 3. The zero-order chi connectivity index (χ0) is 28.8. The maximum Gasteiger partial charge on any atom is 0.244 e. The normalized spacial score (nSPS) is 12.5. The predicted molar refractivity (Wildman–Crippen MR) is 160 cm³/mol. The van der Waals surface area contributed by atoms with Crippen molar-refractivity contribution in [2.45, 2.75) is 45.3 Å². The summed E-state index contributed by atoms with van der Waals surface area (Å²) in [6.45, 7) is 5.23. The Bertz CT molecular complexity index is 1390. The van der Waals surface area contributed by atoms with Gasteiger partial charge in [-0.1, -0.05) is 70.0 Å². The number of hydrogen-bond acceptors (Lipinski definition) is 4. The van der Waals surface area contributed by atoms with Crippen molar-refractivity contribution in [3.05, 3.63) is 99.5 Å². The molecule has 1 unspecified atom stereocenters. The van der Waals surface area contributed by atoms with Crippen LogP contribution in [0.3, 0.4) is 0 Å². The third-order valence-electron chi connectivity index (χ3n) is 5.81. The summed E-state index contributed by atoms with van der Waals surface area (Å²) in [6, 6.07) is 22.2. The van der Waals surface area contributed by atoms with Gasteiger partial charge in [0, 0.05) is 28.0 Å². The fraction of sp³-hybridized carbons (Fsp3) is 0.310. The summed E-state index contributed by atoms with van der Waals surface area (Å²) < 4.78 is 27.4. The zero-order valence-electron chi connectivity index (χ0n) is 22.4. The number of anilines is 1. The monoisotopic (exact) mass is 633 g/mol. The topological polar surface area (TPSA) is 86.8 Å². The van der Waals surface area contributed by atoms with E-state index in [2.05, 4.69) is 21.2 Å². The highest BCUT2D eigenvalue weighted by atomic mass is 79.9. The first-order chi connectivity index (χ1) is 18.2. The second-order valence-corrected chi connectivity index (χ2v) is 13.6. The molecule has 3 aromatic rings. The molecule has 3 rings (SSSR count). The maximum absolute atomic E-state index is 14.0. The maximum atomic E-state index is 14.0. The molecule has 0 fully saturated rings. The van der Waals surface area contributed by atoms with Gasteiger partial charge in [-0.25, -0.2) is 8.42 Å². The lowest BCUT2D eigenvalue weighted by molar-refractivity contribution is -0.140.